The Morgan fingerprint density at radius 2 is 2.11 bits per heavy atom. The van der Waals surface area contributed by atoms with Crippen LogP contribution in [0.1, 0.15) is 5.56 Å². The molecule has 19 heavy (non-hydrogen) atoms. The lowest BCUT2D eigenvalue weighted by Gasteiger charge is -2.02. The van der Waals surface area contributed by atoms with Crippen molar-refractivity contribution in [2.45, 2.75) is 6.42 Å². The van der Waals surface area contributed by atoms with E-state index in [0.717, 1.165) is 34.7 Å². The first-order chi connectivity index (χ1) is 9.29. The lowest BCUT2D eigenvalue weighted by Crippen LogP contribution is -1.94. The maximum atomic E-state index is 4.67. The molecule has 0 spiro atoms. The Hall–Kier alpha value is -1.81. The molecule has 0 atom stereocenters. The van der Waals surface area contributed by atoms with Gasteiger partial charge in [-0.2, -0.15) is 12.6 Å². The molecule has 0 amide bonds. The van der Waals surface area contributed by atoms with E-state index < -0.39 is 0 Å². The van der Waals surface area contributed by atoms with Crippen LogP contribution in [0.25, 0.3) is 22.6 Å². The highest BCUT2D eigenvalue weighted by Crippen LogP contribution is 2.23. The highest BCUT2D eigenvalue weighted by Gasteiger charge is 2.10. The molecule has 4 heteroatoms. The number of pyridine rings is 1. The molecule has 0 aliphatic carbocycles. The number of rotatable bonds is 3. The van der Waals surface area contributed by atoms with Gasteiger partial charge < -0.3 is 4.57 Å². The molecule has 0 aliphatic rings. The van der Waals surface area contributed by atoms with Gasteiger partial charge in [-0.05, 0) is 42.0 Å². The molecule has 0 radical (unpaired) electrons. The van der Waals surface area contributed by atoms with Crippen LogP contribution in [-0.2, 0) is 13.5 Å². The minimum absolute atomic E-state index is 0.858. The van der Waals surface area contributed by atoms with E-state index in [9.17, 15) is 0 Å². The number of nitrogens with zero attached hydrogens (tertiary/aromatic N) is 3. The van der Waals surface area contributed by atoms with Crippen molar-refractivity contribution in [1.29, 1.82) is 0 Å². The van der Waals surface area contributed by atoms with Crippen molar-refractivity contribution in [3.8, 4) is 11.5 Å². The molecule has 0 saturated heterocycles. The zero-order chi connectivity index (χ0) is 13.2. The molecule has 0 unspecified atom stereocenters. The van der Waals surface area contributed by atoms with E-state index in [1.807, 2.05) is 25.2 Å². The molecule has 2 heterocycles. The van der Waals surface area contributed by atoms with E-state index in [2.05, 4.69) is 45.4 Å². The Balaban J connectivity index is 2.15. The summed E-state index contributed by atoms with van der Waals surface area (Å²) in [5.41, 5.74) is 4.33. The molecule has 3 nitrogen and oxygen atoms in total. The number of benzene rings is 1. The molecule has 0 aliphatic heterocycles. The summed E-state index contributed by atoms with van der Waals surface area (Å²) in [6.07, 6.45) is 2.77. The summed E-state index contributed by atoms with van der Waals surface area (Å²) in [5, 5.41) is 0. The smallest absolute Gasteiger partial charge is 0.159 e. The lowest BCUT2D eigenvalue weighted by atomic mass is 10.1. The third-order valence-corrected chi connectivity index (χ3v) is 3.46. The molecule has 3 aromatic rings. The van der Waals surface area contributed by atoms with Gasteiger partial charge in [-0.1, -0.05) is 12.1 Å². The van der Waals surface area contributed by atoms with Gasteiger partial charge in [0.25, 0.3) is 0 Å². The Morgan fingerprint density at radius 1 is 1.21 bits per heavy atom. The van der Waals surface area contributed by atoms with Crippen molar-refractivity contribution in [3.05, 3.63) is 48.2 Å². The van der Waals surface area contributed by atoms with Gasteiger partial charge in [0.15, 0.2) is 5.82 Å². The van der Waals surface area contributed by atoms with Crippen molar-refractivity contribution in [2.24, 2.45) is 7.05 Å². The molecule has 0 N–H and O–H groups in total. The van der Waals surface area contributed by atoms with E-state index >= 15 is 0 Å². The third kappa shape index (κ3) is 2.24. The van der Waals surface area contributed by atoms with Crippen molar-refractivity contribution >= 4 is 23.7 Å². The summed E-state index contributed by atoms with van der Waals surface area (Å²) in [6.45, 7) is 0. The number of fused-ring (bicyclic) bond motifs is 1. The number of imidazole rings is 1. The second kappa shape index (κ2) is 5.05. The Labute approximate surface area is 117 Å². The topological polar surface area (TPSA) is 30.7 Å². The monoisotopic (exact) mass is 269 g/mol. The fourth-order valence-electron chi connectivity index (χ4n) is 2.24. The van der Waals surface area contributed by atoms with Gasteiger partial charge in [-0.25, -0.2) is 4.98 Å². The van der Waals surface area contributed by atoms with Crippen LogP contribution in [0.5, 0.6) is 0 Å². The fraction of sp³-hybridized carbons (Fsp3) is 0.200. The fourth-order valence-corrected chi connectivity index (χ4v) is 2.50. The van der Waals surface area contributed by atoms with Crippen LogP contribution >= 0.6 is 12.6 Å². The molecule has 2 aromatic heterocycles. The van der Waals surface area contributed by atoms with E-state index in [1.54, 1.807) is 6.20 Å². The van der Waals surface area contributed by atoms with Crippen LogP contribution in [0.2, 0.25) is 0 Å². The minimum Gasteiger partial charge on any atom is -0.326 e. The summed E-state index contributed by atoms with van der Waals surface area (Å²) >= 11 is 4.28. The molecule has 1 aromatic carbocycles. The highest BCUT2D eigenvalue weighted by atomic mass is 32.1. The number of aromatic nitrogens is 3. The number of hydrogen-bond acceptors (Lipinski definition) is 3. The van der Waals surface area contributed by atoms with Crippen molar-refractivity contribution < 1.29 is 0 Å². The number of hydrogen-bond donors (Lipinski definition) is 1. The first-order valence-corrected chi connectivity index (χ1v) is 6.90. The van der Waals surface area contributed by atoms with Crippen LogP contribution in [0.3, 0.4) is 0 Å². The molecule has 96 valence electrons. The molecular weight excluding hydrogens is 254 g/mol. The normalized spacial score (nSPS) is 11.1. The summed E-state index contributed by atoms with van der Waals surface area (Å²) in [5.74, 6) is 1.76. The van der Waals surface area contributed by atoms with Gasteiger partial charge in [0.05, 0.1) is 11.0 Å². The average Bonchev–Trinajstić information content (AvgIpc) is 2.78. The van der Waals surface area contributed by atoms with Crippen LogP contribution in [0.15, 0.2) is 42.6 Å². The van der Waals surface area contributed by atoms with Gasteiger partial charge in [0.2, 0.25) is 0 Å². The maximum Gasteiger partial charge on any atom is 0.159 e. The molecular formula is C15H15N3S. The quantitative estimate of drug-likeness (QED) is 0.741. The zero-order valence-electron chi connectivity index (χ0n) is 10.7. The second-order valence-electron chi connectivity index (χ2n) is 4.51. The van der Waals surface area contributed by atoms with Crippen LogP contribution < -0.4 is 0 Å². The van der Waals surface area contributed by atoms with Crippen molar-refractivity contribution in [1.82, 2.24) is 14.5 Å². The Kier molecular flexibility index (Phi) is 3.25. The SMILES string of the molecule is Cn1c(-c2ccccn2)nc2ccc(CCS)cc21. The van der Waals surface area contributed by atoms with E-state index in [0.29, 0.717) is 0 Å². The highest BCUT2D eigenvalue weighted by molar-refractivity contribution is 7.80. The van der Waals surface area contributed by atoms with Crippen molar-refractivity contribution in [3.63, 3.8) is 0 Å². The largest absolute Gasteiger partial charge is 0.326 e. The first kappa shape index (κ1) is 12.2. The van der Waals surface area contributed by atoms with E-state index in [1.165, 1.54) is 5.56 Å². The van der Waals surface area contributed by atoms with E-state index in [-0.39, 0.29) is 0 Å². The molecule has 3 rings (SSSR count). The van der Waals surface area contributed by atoms with Crippen LogP contribution in [0, 0.1) is 0 Å². The standard InChI is InChI=1S/C15H15N3S/c1-18-14-10-11(7-9-19)5-6-12(14)17-15(18)13-4-2-3-8-16-13/h2-6,8,10,19H,7,9H2,1H3. The van der Waals surface area contributed by atoms with Crippen LogP contribution in [0.4, 0.5) is 0 Å². The van der Waals surface area contributed by atoms with Gasteiger partial charge in [0.1, 0.15) is 5.69 Å². The summed E-state index contributed by atoms with van der Waals surface area (Å²) in [6, 6.07) is 12.3. The molecule has 0 bridgehead atoms. The summed E-state index contributed by atoms with van der Waals surface area (Å²) in [7, 11) is 2.03. The number of thiol groups is 1. The van der Waals surface area contributed by atoms with Crippen molar-refractivity contribution in [2.75, 3.05) is 5.75 Å². The molecule has 0 fully saturated rings. The third-order valence-electron chi connectivity index (χ3n) is 3.24. The number of aryl methyl sites for hydroxylation is 2. The molecule has 0 saturated carbocycles. The zero-order valence-corrected chi connectivity index (χ0v) is 11.6. The predicted octanol–water partition coefficient (Wildman–Crippen LogP) is 3.11. The maximum absolute atomic E-state index is 4.67. The second-order valence-corrected chi connectivity index (χ2v) is 4.95. The van der Waals surface area contributed by atoms with E-state index in [4.69, 9.17) is 0 Å². The first-order valence-electron chi connectivity index (χ1n) is 6.27. The Bertz CT molecular complexity index is 704. The van der Waals surface area contributed by atoms with Gasteiger partial charge >= 0.3 is 0 Å². The lowest BCUT2D eigenvalue weighted by molar-refractivity contribution is 0.949. The minimum atomic E-state index is 0.858. The Morgan fingerprint density at radius 3 is 2.84 bits per heavy atom. The van der Waals surface area contributed by atoms with Gasteiger partial charge in [-0.3, -0.25) is 4.98 Å². The van der Waals surface area contributed by atoms with Gasteiger partial charge in [-0.15, -0.1) is 0 Å². The van der Waals surface area contributed by atoms with Gasteiger partial charge in [0, 0.05) is 13.2 Å². The van der Waals surface area contributed by atoms with Crippen LogP contribution in [-0.4, -0.2) is 20.3 Å². The predicted molar refractivity (Wildman–Crippen MR) is 81.5 cm³/mol. The average molecular weight is 269 g/mol. The summed E-state index contributed by atoms with van der Waals surface area (Å²) < 4.78 is 2.10. The summed E-state index contributed by atoms with van der Waals surface area (Å²) in [4.78, 5) is 9.03.